The number of phenolic OH excluding ortho intramolecular Hbond substituents is 1. The maximum Gasteiger partial charge on any atom is 0.328 e. The van der Waals surface area contributed by atoms with Crippen LogP contribution in [-0.4, -0.2) is 54.5 Å². The Morgan fingerprint density at radius 1 is 0.947 bits per heavy atom. The van der Waals surface area contributed by atoms with Crippen LogP contribution in [0.15, 0.2) is 24.3 Å². The summed E-state index contributed by atoms with van der Waals surface area (Å²) in [5.41, 5.74) is 0.390. The third-order valence-electron chi connectivity index (χ3n) is 8.47. The number of aromatic hydroxyl groups is 1. The molecule has 3 amide bonds. The minimum Gasteiger partial charge on any atom is -0.508 e. The van der Waals surface area contributed by atoms with Crippen molar-refractivity contribution in [3.05, 3.63) is 29.8 Å². The van der Waals surface area contributed by atoms with Gasteiger partial charge in [-0.25, -0.2) is 4.79 Å². The molecule has 5 rings (SSSR count). The first-order chi connectivity index (χ1) is 18.1. The molecular weight excluding hydrogens is 486 g/mol. The van der Waals surface area contributed by atoms with Crippen LogP contribution < -0.4 is 16.0 Å². The van der Waals surface area contributed by atoms with E-state index in [1.807, 2.05) is 13.8 Å². The number of esters is 1. The number of amides is 3. The van der Waals surface area contributed by atoms with Gasteiger partial charge in [-0.1, -0.05) is 26.0 Å². The Bertz CT molecular complexity index is 1000. The number of hydrogen-bond acceptors (Lipinski definition) is 6. The normalized spacial score (nSPS) is 26.9. The highest BCUT2D eigenvalue weighted by Crippen LogP contribution is 2.60. The van der Waals surface area contributed by atoms with Crippen molar-refractivity contribution in [2.24, 2.45) is 29.1 Å². The Hall–Kier alpha value is -3.10. The van der Waals surface area contributed by atoms with Crippen molar-refractivity contribution in [1.29, 1.82) is 0 Å². The van der Waals surface area contributed by atoms with E-state index in [1.54, 1.807) is 12.1 Å². The van der Waals surface area contributed by atoms with Gasteiger partial charge in [0.1, 0.15) is 17.8 Å². The van der Waals surface area contributed by atoms with E-state index >= 15 is 0 Å². The van der Waals surface area contributed by atoms with Gasteiger partial charge in [-0.3, -0.25) is 14.4 Å². The molecule has 1 aromatic carbocycles. The molecule has 4 bridgehead atoms. The molecule has 0 radical (unpaired) electrons. The van der Waals surface area contributed by atoms with Crippen LogP contribution in [0.2, 0.25) is 0 Å². The van der Waals surface area contributed by atoms with Gasteiger partial charge in [0.25, 0.3) is 0 Å². The second-order valence-corrected chi connectivity index (χ2v) is 12.1. The monoisotopic (exact) mass is 527 g/mol. The zero-order valence-electron chi connectivity index (χ0n) is 22.6. The van der Waals surface area contributed by atoms with Crippen LogP contribution in [0.1, 0.15) is 64.4 Å². The molecule has 1 aromatic rings. The van der Waals surface area contributed by atoms with E-state index in [1.165, 1.54) is 38.5 Å². The smallest absolute Gasteiger partial charge is 0.328 e. The number of hydrogen-bond donors (Lipinski definition) is 4. The highest BCUT2D eigenvalue weighted by molar-refractivity contribution is 5.93. The lowest BCUT2D eigenvalue weighted by atomic mass is 9.49. The molecule has 0 heterocycles. The van der Waals surface area contributed by atoms with E-state index in [-0.39, 0.29) is 36.0 Å². The summed E-state index contributed by atoms with van der Waals surface area (Å²) in [5.74, 6) is 0.521. The Kier molecular flexibility index (Phi) is 8.63. The van der Waals surface area contributed by atoms with Crippen LogP contribution in [0, 0.1) is 29.1 Å². The van der Waals surface area contributed by atoms with Crippen molar-refractivity contribution in [2.45, 2.75) is 77.3 Å². The van der Waals surface area contributed by atoms with Gasteiger partial charge < -0.3 is 25.8 Å². The van der Waals surface area contributed by atoms with Crippen molar-refractivity contribution in [3.8, 4) is 5.75 Å². The van der Waals surface area contributed by atoms with Crippen molar-refractivity contribution in [2.75, 3.05) is 13.7 Å². The molecular formula is C29H41N3O6. The lowest BCUT2D eigenvalue weighted by Gasteiger charge is -2.55. The van der Waals surface area contributed by atoms with Crippen LogP contribution >= 0.6 is 0 Å². The fourth-order valence-electron chi connectivity index (χ4n) is 7.16. The third kappa shape index (κ3) is 6.66. The predicted octanol–water partition coefficient (Wildman–Crippen LogP) is 2.46. The molecule has 4 saturated carbocycles. The van der Waals surface area contributed by atoms with Crippen LogP contribution in [0.5, 0.6) is 5.75 Å². The maximum atomic E-state index is 13.2. The first-order valence-electron chi connectivity index (χ1n) is 13.8. The molecule has 0 unspecified atom stereocenters. The minimum absolute atomic E-state index is 0.0312. The Labute approximate surface area is 224 Å². The van der Waals surface area contributed by atoms with Crippen molar-refractivity contribution in [3.63, 3.8) is 0 Å². The van der Waals surface area contributed by atoms with Crippen LogP contribution in [0.25, 0.3) is 0 Å². The van der Waals surface area contributed by atoms with Crippen LogP contribution in [-0.2, 0) is 30.3 Å². The largest absolute Gasteiger partial charge is 0.508 e. The van der Waals surface area contributed by atoms with E-state index in [4.69, 9.17) is 4.74 Å². The molecule has 208 valence electrons. The lowest BCUT2D eigenvalue weighted by Crippen LogP contribution is -2.56. The average molecular weight is 528 g/mol. The van der Waals surface area contributed by atoms with Gasteiger partial charge in [0.15, 0.2) is 0 Å². The predicted molar refractivity (Wildman–Crippen MR) is 141 cm³/mol. The summed E-state index contributed by atoms with van der Waals surface area (Å²) in [6.45, 7) is 3.70. The summed E-state index contributed by atoms with van der Waals surface area (Å²) in [4.78, 5) is 51.7. The number of nitrogens with one attached hydrogen (secondary N) is 3. The summed E-state index contributed by atoms with van der Waals surface area (Å²) >= 11 is 0. The van der Waals surface area contributed by atoms with Gasteiger partial charge in [-0.05, 0) is 86.3 Å². The Morgan fingerprint density at radius 2 is 1.53 bits per heavy atom. The number of rotatable bonds is 11. The van der Waals surface area contributed by atoms with Crippen LogP contribution in [0.3, 0.4) is 0 Å². The zero-order valence-corrected chi connectivity index (χ0v) is 22.6. The maximum absolute atomic E-state index is 13.2. The Morgan fingerprint density at radius 3 is 2.05 bits per heavy atom. The molecule has 4 aliphatic rings. The standard InChI is InChI=1S/C29H41N3O6/c1-17(2)8-23(26(35)32-24(27(36)38-3)12-18-4-6-22(33)7-5-18)31-25(34)16-30-28(37)29-13-19-9-20(14-29)11-21(10-19)15-29/h4-7,17,19-21,23-24,33H,8-16H2,1-3H3,(H,30,37)(H,31,34)(H,32,35)/t19?,20?,21?,23-,24-,29?/m0/s1. The molecule has 4 aliphatic carbocycles. The van der Waals surface area contributed by atoms with Gasteiger partial charge in [0, 0.05) is 11.8 Å². The molecule has 38 heavy (non-hydrogen) atoms. The van der Waals surface area contributed by atoms with E-state index < -0.39 is 29.9 Å². The average Bonchev–Trinajstić information content (AvgIpc) is 2.86. The molecule has 0 aliphatic heterocycles. The summed E-state index contributed by atoms with van der Waals surface area (Å²) < 4.78 is 4.88. The molecule has 0 aromatic heterocycles. The number of carbonyl (C=O) groups is 4. The van der Waals surface area contributed by atoms with Crippen molar-refractivity contribution in [1.82, 2.24) is 16.0 Å². The molecule has 0 spiro atoms. The SMILES string of the molecule is COC(=O)[C@H](Cc1ccc(O)cc1)NC(=O)[C@H](CC(C)C)NC(=O)CNC(=O)C12CC3CC(CC(C3)C1)C2. The van der Waals surface area contributed by atoms with Gasteiger partial charge in [0.05, 0.1) is 13.7 Å². The van der Waals surface area contributed by atoms with E-state index in [0.717, 1.165) is 24.8 Å². The summed E-state index contributed by atoms with van der Waals surface area (Å²) in [7, 11) is 1.25. The molecule has 0 saturated heterocycles. The summed E-state index contributed by atoms with van der Waals surface area (Å²) in [5, 5.41) is 17.9. The van der Waals surface area contributed by atoms with E-state index in [9.17, 15) is 24.3 Å². The number of benzene rings is 1. The van der Waals surface area contributed by atoms with Gasteiger partial charge >= 0.3 is 5.97 Å². The first kappa shape index (κ1) is 27.9. The second kappa shape index (κ2) is 11.7. The minimum atomic E-state index is -0.959. The molecule has 9 nitrogen and oxygen atoms in total. The number of carbonyl (C=O) groups excluding carboxylic acids is 4. The molecule has 4 fully saturated rings. The van der Waals surface area contributed by atoms with Gasteiger partial charge in [-0.15, -0.1) is 0 Å². The number of phenols is 1. The van der Waals surface area contributed by atoms with E-state index in [2.05, 4.69) is 16.0 Å². The van der Waals surface area contributed by atoms with Crippen molar-refractivity contribution >= 4 is 23.7 Å². The Balaban J connectivity index is 1.34. The zero-order chi connectivity index (χ0) is 27.4. The van der Waals surface area contributed by atoms with Crippen molar-refractivity contribution < 1.29 is 29.0 Å². The quantitative estimate of drug-likeness (QED) is 0.327. The summed E-state index contributed by atoms with van der Waals surface area (Å²) in [6, 6.07) is 4.51. The van der Waals surface area contributed by atoms with E-state index in [0.29, 0.717) is 24.2 Å². The molecule has 4 N–H and O–H groups in total. The lowest BCUT2D eigenvalue weighted by molar-refractivity contribution is -0.147. The van der Waals surface area contributed by atoms with Gasteiger partial charge in [-0.2, -0.15) is 0 Å². The fraction of sp³-hybridized carbons (Fsp3) is 0.655. The third-order valence-corrected chi connectivity index (χ3v) is 8.47. The second-order valence-electron chi connectivity index (χ2n) is 12.1. The topological polar surface area (TPSA) is 134 Å². The first-order valence-corrected chi connectivity index (χ1v) is 13.8. The summed E-state index contributed by atoms with van der Waals surface area (Å²) in [6.07, 6.45) is 6.99. The van der Waals surface area contributed by atoms with Gasteiger partial charge in [0.2, 0.25) is 17.7 Å². The van der Waals surface area contributed by atoms with Crippen LogP contribution in [0.4, 0.5) is 0 Å². The molecule has 9 heteroatoms. The number of ether oxygens (including phenoxy) is 1. The molecule has 2 atom stereocenters. The highest BCUT2D eigenvalue weighted by Gasteiger charge is 2.54. The fourth-order valence-corrected chi connectivity index (χ4v) is 7.16. The number of methoxy groups -OCH3 is 1. The highest BCUT2D eigenvalue weighted by atomic mass is 16.5.